The number of amides is 1. The number of pyridine rings is 1. The summed E-state index contributed by atoms with van der Waals surface area (Å²) in [7, 11) is 0. The number of thioether (sulfide) groups is 1. The van der Waals surface area contributed by atoms with Crippen molar-refractivity contribution in [1.29, 1.82) is 0 Å². The Morgan fingerprint density at radius 1 is 1.22 bits per heavy atom. The minimum atomic E-state index is -1.45. The number of likely N-dealkylation sites (tertiary alicyclic amines) is 1. The first-order valence-corrected chi connectivity index (χ1v) is 12.7. The topological polar surface area (TPSA) is 111 Å². The van der Waals surface area contributed by atoms with Crippen LogP contribution >= 0.6 is 24.2 Å². The van der Waals surface area contributed by atoms with E-state index in [0.717, 1.165) is 42.1 Å². The molecule has 5 heterocycles. The van der Waals surface area contributed by atoms with Gasteiger partial charge in [0.2, 0.25) is 0 Å². The van der Waals surface area contributed by atoms with Gasteiger partial charge in [0, 0.05) is 30.4 Å². The first-order valence-electron chi connectivity index (χ1n) is 11.7. The van der Waals surface area contributed by atoms with Crippen LogP contribution < -0.4 is 16.2 Å². The molecular formula is C24H26ClFN6O3S. The molecule has 0 saturated carbocycles. The van der Waals surface area contributed by atoms with Crippen LogP contribution in [0.25, 0.3) is 10.9 Å². The Balaban J connectivity index is 0.00000267. The Labute approximate surface area is 217 Å². The molecule has 0 spiro atoms. The highest BCUT2D eigenvalue weighted by atomic mass is 35.5. The van der Waals surface area contributed by atoms with Gasteiger partial charge in [-0.05, 0) is 49.5 Å². The summed E-state index contributed by atoms with van der Waals surface area (Å²) in [6, 6.07) is 6.43. The molecule has 2 aromatic rings. The molecule has 12 heteroatoms. The summed E-state index contributed by atoms with van der Waals surface area (Å²) < 4.78 is 16.3. The van der Waals surface area contributed by atoms with Gasteiger partial charge in [0.25, 0.3) is 11.5 Å². The molecule has 0 aliphatic carbocycles. The number of fused-ring (bicyclic) bond motifs is 1. The van der Waals surface area contributed by atoms with E-state index in [0.29, 0.717) is 23.6 Å². The molecule has 9 nitrogen and oxygen atoms in total. The molecule has 0 radical (unpaired) electrons. The fraction of sp³-hybridized carbons (Fsp3) is 0.417. The molecular weight excluding hydrogens is 507 g/mol. The number of nitrogens with zero attached hydrogens (tertiary/aromatic N) is 4. The maximum absolute atomic E-state index is 14.8. The lowest BCUT2D eigenvalue weighted by Gasteiger charge is -2.37. The van der Waals surface area contributed by atoms with Gasteiger partial charge in [-0.15, -0.1) is 24.2 Å². The normalized spacial score (nSPS) is 23.9. The van der Waals surface area contributed by atoms with E-state index in [2.05, 4.69) is 25.5 Å². The van der Waals surface area contributed by atoms with Crippen LogP contribution in [-0.4, -0.2) is 70.1 Å². The number of halogens is 2. The molecule has 3 N–H and O–H groups in total. The highest BCUT2D eigenvalue weighted by Crippen LogP contribution is 2.38. The van der Waals surface area contributed by atoms with Gasteiger partial charge in [-0.2, -0.15) is 4.99 Å². The molecule has 0 bridgehead atoms. The van der Waals surface area contributed by atoms with Gasteiger partial charge in [-0.25, -0.2) is 9.38 Å². The number of rotatable bonds is 5. The summed E-state index contributed by atoms with van der Waals surface area (Å²) >= 11 is 1.43. The quantitative estimate of drug-likeness (QED) is 0.533. The molecule has 36 heavy (non-hydrogen) atoms. The summed E-state index contributed by atoms with van der Waals surface area (Å²) in [5.41, 5.74) is -0.953. The van der Waals surface area contributed by atoms with Crippen molar-refractivity contribution in [3.63, 3.8) is 0 Å². The van der Waals surface area contributed by atoms with Crippen molar-refractivity contribution in [3.05, 3.63) is 57.1 Å². The van der Waals surface area contributed by atoms with Gasteiger partial charge >= 0.3 is 0 Å². The second-order valence-corrected chi connectivity index (χ2v) is 10.4. The lowest BCUT2D eigenvalue weighted by Crippen LogP contribution is -2.50. The standard InChI is InChI=1S/C24H25FN6O3S.ClH/c25-16-3-1-14-2-4-20(33)31-13-24(34,21(16)22(14)31)12-30-7-5-15(6-8-30)26-10-18-27-9-17-23(28-18)29-19(32)11-35-17;/h1-4,9,15,26,34H,5-8,10-13H2,(H,27,28,29,32);1H/t24-;/m0./s1. The van der Waals surface area contributed by atoms with Crippen molar-refractivity contribution in [2.75, 3.05) is 31.9 Å². The summed E-state index contributed by atoms with van der Waals surface area (Å²) in [5.74, 6) is 1.01. The molecule has 1 saturated heterocycles. The van der Waals surface area contributed by atoms with Gasteiger partial charge in [0.05, 0.1) is 29.3 Å². The number of amidine groups is 2. The number of carbonyl (C=O) groups is 1. The largest absolute Gasteiger partial charge is 0.382 e. The minimum Gasteiger partial charge on any atom is -0.382 e. The van der Waals surface area contributed by atoms with Crippen LogP contribution in [0.3, 0.4) is 0 Å². The predicted molar refractivity (Wildman–Crippen MR) is 140 cm³/mol. The van der Waals surface area contributed by atoms with Crippen molar-refractivity contribution in [3.8, 4) is 0 Å². The number of nitrogens with one attached hydrogen (secondary N) is 2. The minimum absolute atomic E-state index is 0. The van der Waals surface area contributed by atoms with E-state index in [1.807, 2.05) is 0 Å². The third-order valence-electron chi connectivity index (χ3n) is 7.04. The third kappa shape index (κ3) is 4.50. The molecule has 1 amide bonds. The Hall–Kier alpha value is -2.57. The number of aliphatic imine (C=N–C) groups is 2. The van der Waals surface area contributed by atoms with Crippen LogP contribution in [0.4, 0.5) is 4.39 Å². The lowest BCUT2D eigenvalue weighted by atomic mass is 9.92. The zero-order valence-corrected chi connectivity index (χ0v) is 21.0. The van der Waals surface area contributed by atoms with Crippen molar-refractivity contribution in [2.24, 2.45) is 9.98 Å². The molecule has 190 valence electrons. The van der Waals surface area contributed by atoms with Crippen LogP contribution in [0.2, 0.25) is 0 Å². The highest BCUT2D eigenvalue weighted by Gasteiger charge is 2.42. The lowest BCUT2D eigenvalue weighted by molar-refractivity contribution is -0.115. The van der Waals surface area contributed by atoms with Gasteiger partial charge in [-0.3, -0.25) is 14.5 Å². The highest BCUT2D eigenvalue weighted by molar-refractivity contribution is 8.04. The number of aliphatic hydroxyl groups is 1. The Bertz CT molecular complexity index is 1380. The maximum Gasteiger partial charge on any atom is 0.258 e. The average Bonchev–Trinajstić information content (AvgIpc) is 3.17. The summed E-state index contributed by atoms with van der Waals surface area (Å²) in [6.07, 6.45) is 3.47. The van der Waals surface area contributed by atoms with Crippen LogP contribution in [0.15, 0.2) is 50.1 Å². The summed E-state index contributed by atoms with van der Waals surface area (Å²) in [6.45, 7) is 2.34. The average molecular weight is 533 g/mol. The van der Waals surface area contributed by atoms with Crippen LogP contribution in [0.5, 0.6) is 0 Å². The third-order valence-corrected chi connectivity index (χ3v) is 8.04. The van der Waals surface area contributed by atoms with E-state index < -0.39 is 11.4 Å². The molecule has 4 aliphatic heterocycles. The molecule has 1 aromatic heterocycles. The zero-order valence-electron chi connectivity index (χ0n) is 19.4. The number of benzene rings is 1. The molecule has 1 atom stereocenters. The summed E-state index contributed by atoms with van der Waals surface area (Å²) in [4.78, 5) is 35.5. The van der Waals surface area contributed by atoms with Gasteiger partial charge in [0.1, 0.15) is 17.3 Å². The Morgan fingerprint density at radius 2 is 2.00 bits per heavy atom. The summed E-state index contributed by atoms with van der Waals surface area (Å²) in [5, 5.41) is 18.9. The van der Waals surface area contributed by atoms with E-state index in [9.17, 15) is 19.1 Å². The van der Waals surface area contributed by atoms with E-state index in [1.54, 1.807) is 18.3 Å². The predicted octanol–water partition coefficient (Wildman–Crippen LogP) is 1.33. The SMILES string of the molecule is Cl.O=C1CSC2=CN=C(CNC3CCN(C[C@]4(O)Cn5c(=O)ccc6ccc(F)c4c65)CC3)NC2=N1. The number of piperidine rings is 1. The van der Waals surface area contributed by atoms with E-state index in [1.165, 1.54) is 28.5 Å². The van der Waals surface area contributed by atoms with E-state index in [-0.39, 0.29) is 48.6 Å². The first-order chi connectivity index (χ1) is 16.9. The van der Waals surface area contributed by atoms with E-state index >= 15 is 0 Å². The van der Waals surface area contributed by atoms with Gasteiger partial charge in [0.15, 0.2) is 5.84 Å². The molecule has 6 rings (SSSR count). The first kappa shape index (κ1) is 25.1. The van der Waals surface area contributed by atoms with Crippen LogP contribution in [0.1, 0.15) is 18.4 Å². The smallest absolute Gasteiger partial charge is 0.258 e. The van der Waals surface area contributed by atoms with Crippen LogP contribution in [-0.2, 0) is 16.9 Å². The fourth-order valence-electron chi connectivity index (χ4n) is 5.35. The number of hydrogen-bond acceptors (Lipinski definition) is 8. The van der Waals surface area contributed by atoms with Crippen LogP contribution in [0, 0.1) is 5.82 Å². The second-order valence-electron chi connectivity index (χ2n) is 9.42. The monoisotopic (exact) mass is 532 g/mol. The number of carbonyl (C=O) groups excluding carboxylic acids is 1. The van der Waals surface area contributed by atoms with Crippen molar-refractivity contribution < 1.29 is 14.3 Å². The molecule has 0 unspecified atom stereocenters. The maximum atomic E-state index is 14.8. The fourth-order valence-corrected chi connectivity index (χ4v) is 6.05. The zero-order chi connectivity index (χ0) is 24.2. The van der Waals surface area contributed by atoms with E-state index in [4.69, 9.17) is 0 Å². The Morgan fingerprint density at radius 3 is 2.81 bits per heavy atom. The van der Waals surface area contributed by atoms with Gasteiger partial charge < -0.3 is 20.3 Å². The number of hydrogen-bond donors (Lipinski definition) is 3. The van der Waals surface area contributed by atoms with Gasteiger partial charge in [-0.1, -0.05) is 0 Å². The molecule has 4 aliphatic rings. The Kier molecular flexibility index (Phi) is 6.77. The number of β-amino-alcohol motifs (C(OH)–C–C–N with tert-alkyl or cyclic N) is 1. The van der Waals surface area contributed by atoms with Crippen molar-refractivity contribution in [2.45, 2.75) is 31.0 Å². The molecule has 1 aromatic carbocycles. The van der Waals surface area contributed by atoms with Crippen molar-refractivity contribution >= 4 is 52.7 Å². The second kappa shape index (κ2) is 9.71. The molecule has 1 fully saturated rings. The van der Waals surface area contributed by atoms with Crippen molar-refractivity contribution in [1.82, 2.24) is 20.1 Å². The number of aromatic nitrogens is 1.